The molecular formula is C24H18O6. The Labute approximate surface area is 172 Å². The zero-order valence-corrected chi connectivity index (χ0v) is 16.4. The fraction of sp³-hybridized carbons (Fsp3) is 0.333. The van der Waals surface area contributed by atoms with Crippen molar-refractivity contribution < 1.29 is 28.5 Å². The van der Waals surface area contributed by atoms with Crippen LogP contribution in [0.25, 0.3) is 10.8 Å². The van der Waals surface area contributed by atoms with E-state index in [1.165, 1.54) is 14.2 Å². The van der Waals surface area contributed by atoms with Crippen molar-refractivity contribution in [1.82, 2.24) is 0 Å². The monoisotopic (exact) mass is 402 g/mol. The number of esters is 2. The number of fused-ring (bicyclic) bond motifs is 4. The Morgan fingerprint density at radius 3 is 1.87 bits per heavy atom. The number of methoxy groups -OCH3 is 2. The summed E-state index contributed by atoms with van der Waals surface area (Å²) >= 11 is 0. The molecule has 6 atom stereocenters. The molecule has 6 nitrogen and oxygen atoms in total. The molecule has 2 aromatic carbocycles. The molecule has 4 bridgehead atoms. The predicted molar refractivity (Wildman–Crippen MR) is 104 cm³/mol. The van der Waals surface area contributed by atoms with Gasteiger partial charge in [-0.15, -0.1) is 0 Å². The van der Waals surface area contributed by atoms with Gasteiger partial charge in [0.05, 0.1) is 26.4 Å². The van der Waals surface area contributed by atoms with E-state index in [0.29, 0.717) is 0 Å². The van der Waals surface area contributed by atoms with E-state index in [1.807, 2.05) is 60.7 Å². The summed E-state index contributed by atoms with van der Waals surface area (Å²) in [5, 5.41) is 2.01. The van der Waals surface area contributed by atoms with Gasteiger partial charge in [-0.1, -0.05) is 48.6 Å². The van der Waals surface area contributed by atoms with Crippen molar-refractivity contribution >= 4 is 22.7 Å². The molecule has 0 amide bonds. The zero-order chi connectivity index (χ0) is 20.5. The molecule has 6 heteroatoms. The lowest BCUT2D eigenvalue weighted by Crippen LogP contribution is -2.69. The molecule has 1 aliphatic carbocycles. The van der Waals surface area contributed by atoms with Gasteiger partial charge in [0.15, 0.2) is 10.8 Å². The second-order valence-corrected chi connectivity index (χ2v) is 8.58. The van der Waals surface area contributed by atoms with Crippen LogP contribution in [0.15, 0.2) is 60.7 Å². The van der Waals surface area contributed by atoms with Crippen LogP contribution in [0.2, 0.25) is 0 Å². The molecule has 0 saturated carbocycles. The molecule has 5 aliphatic rings. The van der Waals surface area contributed by atoms with E-state index in [2.05, 4.69) is 0 Å². The van der Waals surface area contributed by atoms with Crippen molar-refractivity contribution in [2.75, 3.05) is 14.2 Å². The Balaban J connectivity index is 1.76. The summed E-state index contributed by atoms with van der Waals surface area (Å²) in [6, 6.07) is 11.9. The summed E-state index contributed by atoms with van der Waals surface area (Å²) in [4.78, 5) is 27.4. The average molecular weight is 402 g/mol. The number of benzene rings is 2. The van der Waals surface area contributed by atoms with Crippen LogP contribution in [0.5, 0.6) is 0 Å². The maximum atomic E-state index is 13.9. The van der Waals surface area contributed by atoms with Gasteiger partial charge in [0, 0.05) is 0 Å². The summed E-state index contributed by atoms with van der Waals surface area (Å²) in [5.41, 5.74) is -3.57. The van der Waals surface area contributed by atoms with E-state index in [-0.39, 0.29) is 0 Å². The summed E-state index contributed by atoms with van der Waals surface area (Å²) in [7, 11) is 2.68. The first-order valence-electron chi connectivity index (χ1n) is 9.99. The highest BCUT2D eigenvalue weighted by Crippen LogP contribution is 2.83. The Morgan fingerprint density at radius 1 is 0.833 bits per heavy atom. The highest BCUT2D eigenvalue weighted by Gasteiger charge is 2.95. The lowest BCUT2D eigenvalue weighted by Gasteiger charge is -2.55. The van der Waals surface area contributed by atoms with Crippen LogP contribution in [0.1, 0.15) is 11.1 Å². The molecule has 2 aromatic rings. The standard InChI is InChI=1S/C24H18O6/c1-27-19(25)23-16-9-11-21(29-16)14-7-3-5-13-6-4-8-15(18(13)14)22(12-10-17(23)30-22)24(21,23)20(26)28-2/h3-12,16-17H,1-2H3/t16-,17+,21-,22+,23?,24?. The molecule has 2 saturated heterocycles. The van der Waals surface area contributed by atoms with E-state index < -0.39 is 46.2 Å². The number of carbonyl (C=O) groups is 2. The number of rotatable bonds is 2. The van der Waals surface area contributed by atoms with Crippen molar-refractivity contribution in [3.63, 3.8) is 0 Å². The Bertz CT molecular complexity index is 1190. The quantitative estimate of drug-likeness (QED) is 0.568. The molecule has 2 unspecified atom stereocenters. The second kappa shape index (κ2) is 4.68. The van der Waals surface area contributed by atoms with Crippen LogP contribution >= 0.6 is 0 Å². The fourth-order valence-corrected chi connectivity index (χ4v) is 7.25. The third-order valence-corrected chi connectivity index (χ3v) is 7.99. The van der Waals surface area contributed by atoms with E-state index in [4.69, 9.17) is 18.9 Å². The minimum atomic E-state index is -1.48. The normalized spacial score (nSPS) is 42.6. The Hall–Kier alpha value is -2.96. The highest BCUT2D eigenvalue weighted by atomic mass is 16.6. The molecule has 2 fully saturated rings. The lowest BCUT2D eigenvalue weighted by molar-refractivity contribution is -0.189. The van der Waals surface area contributed by atoms with Crippen molar-refractivity contribution in [3.8, 4) is 0 Å². The van der Waals surface area contributed by atoms with Gasteiger partial charge in [-0.05, 0) is 34.1 Å². The van der Waals surface area contributed by atoms with Crippen LogP contribution in [-0.4, -0.2) is 38.4 Å². The van der Waals surface area contributed by atoms with Crippen molar-refractivity contribution in [1.29, 1.82) is 0 Å². The molecule has 0 radical (unpaired) electrons. The topological polar surface area (TPSA) is 71.1 Å². The van der Waals surface area contributed by atoms with E-state index in [0.717, 1.165) is 21.9 Å². The number of carbonyl (C=O) groups excluding carboxylic acids is 2. The maximum Gasteiger partial charge on any atom is 0.320 e. The molecule has 7 rings (SSSR count). The van der Waals surface area contributed by atoms with Gasteiger partial charge in [-0.2, -0.15) is 0 Å². The van der Waals surface area contributed by atoms with Crippen LogP contribution in [-0.2, 0) is 39.7 Å². The minimum absolute atomic E-state index is 0.521. The number of ether oxygens (including phenoxy) is 4. The van der Waals surface area contributed by atoms with Gasteiger partial charge in [0.2, 0.25) is 0 Å². The number of hydrogen-bond donors (Lipinski definition) is 0. The first-order chi connectivity index (χ1) is 14.5. The van der Waals surface area contributed by atoms with Gasteiger partial charge in [0.1, 0.15) is 11.2 Å². The molecule has 4 aliphatic heterocycles. The Morgan fingerprint density at radius 2 is 1.37 bits per heavy atom. The van der Waals surface area contributed by atoms with Crippen LogP contribution in [0.4, 0.5) is 0 Å². The van der Waals surface area contributed by atoms with Gasteiger partial charge < -0.3 is 18.9 Å². The van der Waals surface area contributed by atoms with Gasteiger partial charge in [-0.25, -0.2) is 0 Å². The number of hydrogen-bond acceptors (Lipinski definition) is 6. The maximum absolute atomic E-state index is 13.9. The first-order valence-corrected chi connectivity index (χ1v) is 9.99. The van der Waals surface area contributed by atoms with Crippen LogP contribution in [0, 0.1) is 10.8 Å². The minimum Gasteiger partial charge on any atom is -0.468 e. The summed E-state index contributed by atoms with van der Waals surface area (Å²) in [6.07, 6.45) is 6.23. The van der Waals surface area contributed by atoms with Crippen molar-refractivity contribution in [2.45, 2.75) is 23.4 Å². The van der Waals surface area contributed by atoms with Crippen LogP contribution < -0.4 is 0 Å². The van der Waals surface area contributed by atoms with E-state index in [9.17, 15) is 9.59 Å². The smallest absolute Gasteiger partial charge is 0.320 e. The third-order valence-electron chi connectivity index (χ3n) is 7.99. The molecule has 150 valence electrons. The summed E-state index contributed by atoms with van der Waals surface area (Å²) < 4.78 is 24.0. The summed E-state index contributed by atoms with van der Waals surface area (Å²) in [6.45, 7) is 0. The highest BCUT2D eigenvalue weighted by molar-refractivity contribution is 6.03. The van der Waals surface area contributed by atoms with Crippen LogP contribution in [0.3, 0.4) is 0 Å². The molecule has 2 spiro atoms. The third kappa shape index (κ3) is 1.20. The van der Waals surface area contributed by atoms with Crippen molar-refractivity contribution in [2.24, 2.45) is 10.8 Å². The molecule has 30 heavy (non-hydrogen) atoms. The van der Waals surface area contributed by atoms with Gasteiger partial charge in [-0.3, -0.25) is 9.59 Å². The molecule has 0 aromatic heterocycles. The average Bonchev–Trinajstić information content (AvgIpc) is 3.53. The van der Waals surface area contributed by atoms with Crippen molar-refractivity contribution in [3.05, 3.63) is 71.8 Å². The zero-order valence-electron chi connectivity index (χ0n) is 16.4. The lowest BCUT2D eigenvalue weighted by atomic mass is 9.41. The fourth-order valence-electron chi connectivity index (χ4n) is 7.25. The van der Waals surface area contributed by atoms with Gasteiger partial charge >= 0.3 is 11.9 Å². The second-order valence-electron chi connectivity index (χ2n) is 8.58. The van der Waals surface area contributed by atoms with E-state index in [1.54, 1.807) is 0 Å². The summed E-state index contributed by atoms with van der Waals surface area (Å²) in [5.74, 6) is -1.05. The first kappa shape index (κ1) is 16.8. The van der Waals surface area contributed by atoms with E-state index >= 15 is 0 Å². The van der Waals surface area contributed by atoms with Gasteiger partial charge in [0.25, 0.3) is 0 Å². The largest absolute Gasteiger partial charge is 0.468 e. The Kier molecular flexibility index (Phi) is 2.62. The predicted octanol–water partition coefficient (Wildman–Crippen LogP) is 2.50. The molecule has 4 heterocycles. The molecule has 0 N–H and O–H groups in total. The SMILES string of the molecule is COC(=O)C12[C@@H]3C=C[C@]4(O3)c3cccc5cccc(c35)[C@]3(C=C[C@H]1O3)C24C(=O)OC. The molecular weight excluding hydrogens is 384 g/mol.